The van der Waals surface area contributed by atoms with Crippen molar-refractivity contribution in [1.29, 1.82) is 5.26 Å². The van der Waals surface area contributed by atoms with Crippen LogP contribution in [-0.4, -0.2) is 32.9 Å². The molecule has 0 radical (unpaired) electrons. The molecule has 0 bridgehead atoms. The van der Waals surface area contributed by atoms with Gasteiger partial charge in [-0.1, -0.05) is 30.3 Å². The van der Waals surface area contributed by atoms with Gasteiger partial charge in [0.05, 0.1) is 25.4 Å². The predicted molar refractivity (Wildman–Crippen MR) is 115 cm³/mol. The van der Waals surface area contributed by atoms with Gasteiger partial charge in [0.1, 0.15) is 11.9 Å². The molecule has 4 nitrogen and oxygen atoms in total. The standard InChI is InChI=1S/C25H22F2N2O2/c1-30-25-7-5-17(13-24(25)27)21-6-2-16(10-20-15-29-8-9-31-20)11-22(21)18-3-4-19(14-28)23(26)12-18/h2-7,11-13,20,29H,8-10,15H2,1H3. The lowest BCUT2D eigenvalue weighted by Crippen LogP contribution is -2.39. The Hall–Kier alpha value is -3.27. The van der Waals surface area contributed by atoms with Gasteiger partial charge in [-0.25, -0.2) is 8.78 Å². The summed E-state index contributed by atoms with van der Waals surface area (Å²) < 4.78 is 39.6. The zero-order valence-electron chi connectivity index (χ0n) is 17.1. The number of nitrogens with one attached hydrogen (secondary N) is 1. The molecule has 3 aromatic rings. The Labute approximate surface area is 180 Å². The maximum absolute atomic E-state index is 14.4. The minimum Gasteiger partial charge on any atom is -0.494 e. The van der Waals surface area contributed by atoms with Crippen molar-refractivity contribution in [1.82, 2.24) is 5.32 Å². The van der Waals surface area contributed by atoms with Gasteiger partial charge >= 0.3 is 0 Å². The summed E-state index contributed by atoms with van der Waals surface area (Å²) in [4.78, 5) is 0. The van der Waals surface area contributed by atoms with Crippen LogP contribution in [0.15, 0.2) is 54.6 Å². The molecule has 158 valence electrons. The molecule has 1 aliphatic heterocycles. The number of benzene rings is 3. The van der Waals surface area contributed by atoms with Crippen LogP contribution in [0.1, 0.15) is 11.1 Å². The number of rotatable bonds is 5. The maximum Gasteiger partial charge on any atom is 0.165 e. The fraction of sp³-hybridized carbons (Fsp3) is 0.240. The first-order chi connectivity index (χ1) is 15.1. The van der Waals surface area contributed by atoms with Crippen LogP contribution in [0.2, 0.25) is 0 Å². The van der Waals surface area contributed by atoms with Crippen LogP contribution < -0.4 is 10.1 Å². The highest BCUT2D eigenvalue weighted by Crippen LogP contribution is 2.35. The predicted octanol–water partition coefficient (Wildman–Crippen LogP) is 4.71. The quantitative estimate of drug-likeness (QED) is 0.650. The highest BCUT2D eigenvalue weighted by molar-refractivity contribution is 5.84. The second-order valence-electron chi connectivity index (χ2n) is 7.44. The van der Waals surface area contributed by atoms with Crippen molar-refractivity contribution in [3.05, 3.63) is 77.4 Å². The van der Waals surface area contributed by atoms with E-state index in [2.05, 4.69) is 5.32 Å². The molecule has 1 unspecified atom stereocenters. The van der Waals surface area contributed by atoms with Gasteiger partial charge in [-0.05, 0) is 58.5 Å². The summed E-state index contributed by atoms with van der Waals surface area (Å²) in [6, 6.07) is 17.0. The van der Waals surface area contributed by atoms with Crippen LogP contribution in [0, 0.1) is 23.0 Å². The molecule has 1 saturated heterocycles. The SMILES string of the molecule is COc1ccc(-c2ccc(CC3CNCCO3)cc2-c2ccc(C#N)c(F)c2)cc1F. The first kappa shape index (κ1) is 21.0. The molecule has 1 fully saturated rings. The molecule has 1 atom stereocenters. The smallest absolute Gasteiger partial charge is 0.165 e. The number of methoxy groups -OCH3 is 1. The first-order valence-corrected chi connectivity index (χ1v) is 10.1. The molecular formula is C25H22F2N2O2. The molecular weight excluding hydrogens is 398 g/mol. The van der Waals surface area contributed by atoms with Crippen LogP contribution in [0.3, 0.4) is 0 Å². The van der Waals surface area contributed by atoms with Crippen molar-refractivity contribution in [3.63, 3.8) is 0 Å². The van der Waals surface area contributed by atoms with Gasteiger partial charge < -0.3 is 14.8 Å². The average molecular weight is 420 g/mol. The van der Waals surface area contributed by atoms with E-state index in [4.69, 9.17) is 14.7 Å². The molecule has 0 saturated carbocycles. The topological polar surface area (TPSA) is 54.3 Å². The van der Waals surface area contributed by atoms with Gasteiger partial charge in [0, 0.05) is 13.1 Å². The lowest BCUT2D eigenvalue weighted by atomic mass is 9.91. The summed E-state index contributed by atoms with van der Waals surface area (Å²) in [5.74, 6) is -0.895. The van der Waals surface area contributed by atoms with Crippen molar-refractivity contribution in [3.8, 4) is 34.1 Å². The van der Waals surface area contributed by atoms with Gasteiger partial charge in [0.25, 0.3) is 0 Å². The monoisotopic (exact) mass is 420 g/mol. The van der Waals surface area contributed by atoms with E-state index in [0.717, 1.165) is 29.8 Å². The zero-order valence-corrected chi connectivity index (χ0v) is 17.1. The Morgan fingerprint density at radius 2 is 1.81 bits per heavy atom. The van der Waals surface area contributed by atoms with Crippen LogP contribution in [0.4, 0.5) is 8.78 Å². The molecule has 1 N–H and O–H groups in total. The third kappa shape index (κ3) is 4.58. The van der Waals surface area contributed by atoms with E-state index in [9.17, 15) is 8.78 Å². The van der Waals surface area contributed by atoms with Gasteiger partial charge in [-0.3, -0.25) is 0 Å². The fourth-order valence-corrected chi connectivity index (χ4v) is 3.83. The first-order valence-electron chi connectivity index (χ1n) is 10.1. The summed E-state index contributed by atoms with van der Waals surface area (Å²) in [5.41, 5.74) is 3.81. The molecule has 0 amide bonds. The summed E-state index contributed by atoms with van der Waals surface area (Å²) in [5, 5.41) is 12.4. The van der Waals surface area contributed by atoms with Crippen molar-refractivity contribution in [2.45, 2.75) is 12.5 Å². The molecule has 4 rings (SSSR count). The third-order valence-electron chi connectivity index (χ3n) is 5.42. The Balaban J connectivity index is 1.79. The normalized spacial score (nSPS) is 16.0. The van der Waals surface area contributed by atoms with Crippen LogP contribution in [0.5, 0.6) is 5.75 Å². The van der Waals surface area contributed by atoms with Gasteiger partial charge in [-0.15, -0.1) is 0 Å². The third-order valence-corrected chi connectivity index (χ3v) is 5.42. The van der Waals surface area contributed by atoms with Gasteiger partial charge in [0.2, 0.25) is 0 Å². The van der Waals surface area contributed by atoms with E-state index in [0.29, 0.717) is 24.2 Å². The van der Waals surface area contributed by atoms with Crippen molar-refractivity contribution >= 4 is 0 Å². The molecule has 1 heterocycles. The number of ether oxygens (including phenoxy) is 2. The van der Waals surface area contributed by atoms with E-state index in [1.165, 1.54) is 25.3 Å². The summed E-state index contributed by atoms with van der Waals surface area (Å²) in [7, 11) is 1.42. The van der Waals surface area contributed by atoms with E-state index < -0.39 is 11.6 Å². The Kier molecular flexibility index (Phi) is 6.26. The largest absolute Gasteiger partial charge is 0.494 e. The maximum atomic E-state index is 14.4. The highest BCUT2D eigenvalue weighted by atomic mass is 19.1. The minimum absolute atomic E-state index is 0.0152. The van der Waals surface area contributed by atoms with E-state index in [1.807, 2.05) is 24.3 Å². The molecule has 3 aromatic carbocycles. The summed E-state index contributed by atoms with van der Waals surface area (Å²) in [6.07, 6.45) is 0.763. The lowest BCUT2D eigenvalue weighted by Gasteiger charge is -2.24. The van der Waals surface area contributed by atoms with Crippen LogP contribution in [0.25, 0.3) is 22.3 Å². The Morgan fingerprint density at radius 1 is 1.03 bits per heavy atom. The molecule has 1 aliphatic rings. The Bertz CT molecular complexity index is 1130. The number of halogens is 2. The Morgan fingerprint density at radius 3 is 2.48 bits per heavy atom. The highest BCUT2D eigenvalue weighted by Gasteiger charge is 2.17. The second-order valence-corrected chi connectivity index (χ2v) is 7.44. The second kappa shape index (κ2) is 9.25. The minimum atomic E-state index is -0.586. The molecule has 31 heavy (non-hydrogen) atoms. The van der Waals surface area contributed by atoms with E-state index >= 15 is 0 Å². The van der Waals surface area contributed by atoms with Crippen molar-refractivity contribution in [2.75, 3.05) is 26.8 Å². The molecule has 0 aliphatic carbocycles. The molecule has 0 aromatic heterocycles. The van der Waals surface area contributed by atoms with E-state index in [1.54, 1.807) is 18.2 Å². The average Bonchev–Trinajstić information content (AvgIpc) is 2.79. The number of morpholine rings is 1. The van der Waals surface area contributed by atoms with E-state index in [-0.39, 0.29) is 17.4 Å². The number of hydrogen-bond donors (Lipinski definition) is 1. The van der Waals surface area contributed by atoms with Crippen LogP contribution >= 0.6 is 0 Å². The number of nitrogens with zero attached hydrogens (tertiary/aromatic N) is 1. The van der Waals surface area contributed by atoms with Crippen LogP contribution in [-0.2, 0) is 11.2 Å². The molecule has 6 heteroatoms. The van der Waals surface area contributed by atoms with Crippen molar-refractivity contribution in [2.24, 2.45) is 0 Å². The fourth-order valence-electron chi connectivity index (χ4n) is 3.83. The molecule has 0 spiro atoms. The summed E-state index contributed by atoms with van der Waals surface area (Å²) >= 11 is 0. The van der Waals surface area contributed by atoms with Crippen molar-refractivity contribution < 1.29 is 18.3 Å². The summed E-state index contributed by atoms with van der Waals surface area (Å²) in [6.45, 7) is 2.28. The van der Waals surface area contributed by atoms with Gasteiger partial charge in [0.15, 0.2) is 11.6 Å². The number of nitriles is 1. The zero-order chi connectivity index (χ0) is 21.8. The lowest BCUT2D eigenvalue weighted by molar-refractivity contribution is 0.0292. The number of hydrogen-bond acceptors (Lipinski definition) is 4. The van der Waals surface area contributed by atoms with Gasteiger partial charge in [-0.2, -0.15) is 5.26 Å².